The van der Waals surface area contributed by atoms with Crippen LogP contribution < -0.4 is 11.5 Å². The van der Waals surface area contributed by atoms with Gasteiger partial charge in [0.1, 0.15) is 11.5 Å². The third kappa shape index (κ3) is 2.57. The van der Waals surface area contributed by atoms with Gasteiger partial charge in [-0.15, -0.1) is 0 Å². The lowest BCUT2D eigenvalue weighted by Gasteiger charge is -2.38. The predicted molar refractivity (Wildman–Crippen MR) is 68.8 cm³/mol. The first-order chi connectivity index (χ1) is 8.63. The fourth-order valence-electron chi connectivity index (χ4n) is 2.68. The largest absolute Gasteiger partial charge is 0.465 e. The van der Waals surface area contributed by atoms with Crippen LogP contribution in [0.2, 0.25) is 0 Å². The molecule has 1 aromatic rings. The summed E-state index contributed by atoms with van der Waals surface area (Å²) in [5.74, 6) is 1.41. The maximum atomic E-state index is 11.5. The highest BCUT2D eigenvalue weighted by atomic mass is 16.3. The second kappa shape index (κ2) is 5.54. The van der Waals surface area contributed by atoms with Crippen molar-refractivity contribution in [3.63, 3.8) is 0 Å². The Bertz CT molecular complexity index is 416. The molecule has 0 spiro atoms. The number of piperidine rings is 1. The van der Waals surface area contributed by atoms with E-state index in [1.54, 1.807) is 0 Å². The number of hydrogen-bond donors (Lipinski definition) is 2. The van der Waals surface area contributed by atoms with E-state index in [-0.39, 0.29) is 18.0 Å². The summed E-state index contributed by atoms with van der Waals surface area (Å²) in [7, 11) is 0. The molecule has 0 aromatic carbocycles. The van der Waals surface area contributed by atoms with Crippen molar-refractivity contribution in [2.75, 3.05) is 13.1 Å². The highest BCUT2D eigenvalue weighted by Gasteiger charge is 2.33. The summed E-state index contributed by atoms with van der Waals surface area (Å²) in [4.78, 5) is 13.6. The first-order valence-corrected chi connectivity index (χ1v) is 6.45. The zero-order chi connectivity index (χ0) is 13.1. The Labute approximate surface area is 107 Å². The highest BCUT2D eigenvalue weighted by molar-refractivity contribution is 5.80. The Morgan fingerprint density at radius 2 is 2.33 bits per heavy atom. The zero-order valence-electron chi connectivity index (χ0n) is 10.8. The molecule has 2 heterocycles. The number of carbonyl (C=O) groups is 1. The van der Waals surface area contributed by atoms with Gasteiger partial charge in [-0.3, -0.25) is 9.69 Å². The summed E-state index contributed by atoms with van der Waals surface area (Å²) in [5, 5.41) is 0. The molecule has 2 atom stereocenters. The molecule has 100 valence electrons. The van der Waals surface area contributed by atoms with Crippen molar-refractivity contribution >= 4 is 5.91 Å². The van der Waals surface area contributed by atoms with Crippen LogP contribution in [0.1, 0.15) is 36.8 Å². The molecule has 1 aliphatic rings. The predicted octanol–water partition coefficient (Wildman–Crippen LogP) is 0.928. The smallest absolute Gasteiger partial charge is 0.234 e. The molecule has 18 heavy (non-hydrogen) atoms. The van der Waals surface area contributed by atoms with Crippen LogP contribution in [0, 0.1) is 6.92 Å². The van der Waals surface area contributed by atoms with Gasteiger partial charge in [-0.25, -0.2) is 0 Å². The minimum absolute atomic E-state index is 0.0588. The SMILES string of the molecule is Cc1ccc(C(CN)N2CCCCC2C(N)=O)o1. The zero-order valence-corrected chi connectivity index (χ0v) is 10.8. The third-order valence-corrected chi connectivity index (χ3v) is 3.59. The van der Waals surface area contributed by atoms with Gasteiger partial charge in [0, 0.05) is 6.54 Å². The summed E-state index contributed by atoms with van der Waals surface area (Å²) in [6, 6.07) is 3.56. The van der Waals surface area contributed by atoms with E-state index >= 15 is 0 Å². The molecular formula is C13H21N3O2. The number of amides is 1. The monoisotopic (exact) mass is 251 g/mol. The lowest BCUT2D eigenvalue weighted by Crippen LogP contribution is -2.50. The van der Waals surface area contributed by atoms with Gasteiger partial charge < -0.3 is 15.9 Å². The number of nitrogens with two attached hydrogens (primary N) is 2. The van der Waals surface area contributed by atoms with Crippen molar-refractivity contribution in [1.82, 2.24) is 4.90 Å². The van der Waals surface area contributed by atoms with E-state index in [1.165, 1.54) is 0 Å². The van der Waals surface area contributed by atoms with Gasteiger partial charge >= 0.3 is 0 Å². The molecule has 5 nitrogen and oxygen atoms in total. The van der Waals surface area contributed by atoms with Gasteiger partial charge in [0.2, 0.25) is 5.91 Å². The number of aryl methyl sites for hydroxylation is 1. The number of likely N-dealkylation sites (tertiary alicyclic amines) is 1. The molecule has 5 heteroatoms. The summed E-state index contributed by atoms with van der Waals surface area (Å²) in [5.41, 5.74) is 11.3. The van der Waals surface area contributed by atoms with Crippen LogP contribution in [0.15, 0.2) is 16.5 Å². The molecule has 4 N–H and O–H groups in total. The number of furan rings is 1. The van der Waals surface area contributed by atoms with E-state index in [0.717, 1.165) is 37.3 Å². The van der Waals surface area contributed by atoms with E-state index in [2.05, 4.69) is 4.90 Å². The van der Waals surface area contributed by atoms with E-state index in [4.69, 9.17) is 15.9 Å². The van der Waals surface area contributed by atoms with E-state index in [1.807, 2.05) is 19.1 Å². The molecule has 1 saturated heterocycles. The van der Waals surface area contributed by atoms with Crippen molar-refractivity contribution in [1.29, 1.82) is 0 Å². The van der Waals surface area contributed by atoms with Gasteiger partial charge in [0.25, 0.3) is 0 Å². The first-order valence-electron chi connectivity index (χ1n) is 6.45. The quantitative estimate of drug-likeness (QED) is 0.833. The fourth-order valence-corrected chi connectivity index (χ4v) is 2.68. The van der Waals surface area contributed by atoms with Crippen molar-refractivity contribution in [2.45, 2.75) is 38.3 Å². The van der Waals surface area contributed by atoms with Crippen LogP contribution >= 0.6 is 0 Å². The standard InChI is InChI=1S/C13H21N3O2/c1-9-5-6-12(18-9)11(8-14)16-7-3-2-4-10(16)13(15)17/h5-6,10-11H,2-4,7-8,14H2,1H3,(H2,15,17). The van der Waals surface area contributed by atoms with Crippen LogP contribution in [-0.2, 0) is 4.79 Å². The molecule has 1 fully saturated rings. The Balaban J connectivity index is 2.22. The van der Waals surface area contributed by atoms with Gasteiger partial charge in [-0.2, -0.15) is 0 Å². The molecular weight excluding hydrogens is 230 g/mol. The molecule has 0 radical (unpaired) electrons. The number of primary amides is 1. The minimum atomic E-state index is -0.267. The molecule has 0 aliphatic carbocycles. The van der Waals surface area contributed by atoms with Crippen molar-refractivity contribution in [3.05, 3.63) is 23.7 Å². The van der Waals surface area contributed by atoms with Gasteiger partial charge in [-0.05, 0) is 38.4 Å². The topological polar surface area (TPSA) is 85.5 Å². The Hall–Kier alpha value is -1.33. The first kappa shape index (κ1) is 13.1. The Kier molecular flexibility index (Phi) is 4.04. The Morgan fingerprint density at radius 3 is 2.89 bits per heavy atom. The number of carbonyl (C=O) groups excluding carboxylic acids is 1. The number of nitrogens with zero attached hydrogens (tertiary/aromatic N) is 1. The van der Waals surface area contributed by atoms with Gasteiger partial charge in [-0.1, -0.05) is 6.42 Å². The van der Waals surface area contributed by atoms with Crippen LogP contribution in [0.5, 0.6) is 0 Å². The van der Waals surface area contributed by atoms with Crippen molar-refractivity contribution in [3.8, 4) is 0 Å². The molecule has 2 rings (SSSR count). The van der Waals surface area contributed by atoms with Crippen LogP contribution in [-0.4, -0.2) is 29.9 Å². The van der Waals surface area contributed by atoms with Crippen molar-refractivity contribution < 1.29 is 9.21 Å². The average Bonchev–Trinajstić information content (AvgIpc) is 2.77. The molecule has 1 aliphatic heterocycles. The van der Waals surface area contributed by atoms with Gasteiger partial charge in [0.05, 0.1) is 12.1 Å². The highest BCUT2D eigenvalue weighted by Crippen LogP contribution is 2.28. The van der Waals surface area contributed by atoms with E-state index < -0.39 is 0 Å². The molecule has 2 unspecified atom stereocenters. The lowest BCUT2D eigenvalue weighted by molar-refractivity contribution is -0.125. The van der Waals surface area contributed by atoms with Gasteiger partial charge in [0.15, 0.2) is 0 Å². The summed E-state index contributed by atoms with van der Waals surface area (Å²) < 4.78 is 5.64. The molecule has 0 bridgehead atoms. The third-order valence-electron chi connectivity index (χ3n) is 3.59. The molecule has 1 amide bonds. The van der Waals surface area contributed by atoms with Crippen LogP contribution in [0.25, 0.3) is 0 Å². The van der Waals surface area contributed by atoms with Crippen LogP contribution in [0.3, 0.4) is 0 Å². The lowest BCUT2D eigenvalue weighted by atomic mass is 9.98. The minimum Gasteiger partial charge on any atom is -0.465 e. The second-order valence-corrected chi connectivity index (χ2v) is 4.85. The average molecular weight is 251 g/mol. The summed E-state index contributed by atoms with van der Waals surface area (Å²) >= 11 is 0. The molecule has 1 aromatic heterocycles. The maximum absolute atomic E-state index is 11.5. The number of hydrogen-bond acceptors (Lipinski definition) is 4. The Morgan fingerprint density at radius 1 is 1.56 bits per heavy atom. The summed E-state index contributed by atoms with van der Waals surface area (Å²) in [6.07, 6.45) is 2.92. The summed E-state index contributed by atoms with van der Waals surface area (Å²) in [6.45, 7) is 3.17. The normalized spacial score (nSPS) is 22.9. The maximum Gasteiger partial charge on any atom is 0.234 e. The van der Waals surface area contributed by atoms with E-state index in [9.17, 15) is 4.79 Å². The van der Waals surface area contributed by atoms with Crippen molar-refractivity contribution in [2.24, 2.45) is 11.5 Å². The van der Waals surface area contributed by atoms with Crippen LogP contribution in [0.4, 0.5) is 0 Å². The van der Waals surface area contributed by atoms with E-state index in [0.29, 0.717) is 6.54 Å². The number of rotatable bonds is 4. The fraction of sp³-hybridized carbons (Fsp3) is 0.615. The second-order valence-electron chi connectivity index (χ2n) is 4.85. The molecule has 0 saturated carbocycles.